The highest BCUT2D eigenvalue weighted by molar-refractivity contribution is 7.99. The topological polar surface area (TPSA) is 64.8 Å². The van der Waals surface area contributed by atoms with Gasteiger partial charge in [-0.1, -0.05) is 11.3 Å². The number of thioether (sulfide) groups is 1. The number of aromatic nitrogens is 3. The highest BCUT2D eigenvalue weighted by Gasteiger charge is 2.16. The van der Waals surface area contributed by atoms with E-state index in [2.05, 4.69) is 19.9 Å². The van der Waals surface area contributed by atoms with E-state index in [1.807, 2.05) is 11.8 Å². The normalized spacial score (nSPS) is 16.6. The van der Waals surface area contributed by atoms with Crippen molar-refractivity contribution >= 4 is 50.8 Å². The van der Waals surface area contributed by atoms with Crippen LogP contribution in [0.3, 0.4) is 0 Å². The van der Waals surface area contributed by atoms with E-state index in [9.17, 15) is 4.79 Å². The standard InChI is InChI=1S/C9H10N4OS3/c14-7-5-6(10-8(15)12-7)11-9(17-5)13-1-3-16-4-2-13/h1-4H2,(H2,10,12,14,15). The van der Waals surface area contributed by atoms with E-state index >= 15 is 0 Å². The number of nitrogens with one attached hydrogen (secondary N) is 2. The van der Waals surface area contributed by atoms with Crippen molar-refractivity contribution < 1.29 is 0 Å². The van der Waals surface area contributed by atoms with E-state index < -0.39 is 0 Å². The van der Waals surface area contributed by atoms with Crippen molar-refractivity contribution in [2.24, 2.45) is 0 Å². The summed E-state index contributed by atoms with van der Waals surface area (Å²) in [5.74, 6) is 2.23. The Morgan fingerprint density at radius 1 is 1.29 bits per heavy atom. The monoisotopic (exact) mass is 286 g/mol. The maximum Gasteiger partial charge on any atom is 0.271 e. The first-order chi connectivity index (χ1) is 8.24. The summed E-state index contributed by atoms with van der Waals surface area (Å²) in [5, 5.41) is 0.905. The first-order valence-electron chi connectivity index (χ1n) is 5.20. The molecule has 3 heterocycles. The maximum absolute atomic E-state index is 11.7. The molecule has 8 heteroatoms. The molecule has 90 valence electrons. The molecule has 1 aliphatic heterocycles. The molecule has 1 aliphatic rings. The van der Waals surface area contributed by atoms with Crippen LogP contribution in [-0.2, 0) is 0 Å². The zero-order valence-electron chi connectivity index (χ0n) is 8.86. The first-order valence-corrected chi connectivity index (χ1v) is 7.58. The molecule has 5 nitrogen and oxygen atoms in total. The van der Waals surface area contributed by atoms with Crippen molar-refractivity contribution in [3.05, 3.63) is 15.1 Å². The SMILES string of the molecule is O=c1[nH]c(=S)[nH]c2nc(N3CCSCC3)sc12. The van der Waals surface area contributed by atoms with E-state index in [0.29, 0.717) is 15.1 Å². The van der Waals surface area contributed by atoms with Gasteiger partial charge in [0.25, 0.3) is 5.56 Å². The van der Waals surface area contributed by atoms with Crippen LogP contribution in [0.2, 0.25) is 0 Å². The highest BCUT2D eigenvalue weighted by atomic mass is 32.2. The number of rotatable bonds is 1. The lowest BCUT2D eigenvalue weighted by molar-refractivity contribution is 0.853. The Morgan fingerprint density at radius 2 is 2.06 bits per heavy atom. The molecule has 0 spiro atoms. The Hall–Kier alpha value is -0.860. The Labute approximate surface area is 110 Å². The van der Waals surface area contributed by atoms with Gasteiger partial charge in [-0.15, -0.1) is 0 Å². The van der Waals surface area contributed by atoms with E-state index in [4.69, 9.17) is 12.2 Å². The van der Waals surface area contributed by atoms with Crippen LogP contribution in [0.5, 0.6) is 0 Å². The number of nitrogens with zero attached hydrogens (tertiary/aromatic N) is 2. The summed E-state index contributed by atoms with van der Waals surface area (Å²) in [5.41, 5.74) is 0.441. The summed E-state index contributed by atoms with van der Waals surface area (Å²) in [6.07, 6.45) is 0. The smallest absolute Gasteiger partial charge is 0.271 e. The van der Waals surface area contributed by atoms with Gasteiger partial charge in [0.1, 0.15) is 4.70 Å². The number of anilines is 1. The quantitative estimate of drug-likeness (QED) is 0.780. The fourth-order valence-corrected chi connectivity index (χ4v) is 3.80. The van der Waals surface area contributed by atoms with Crippen LogP contribution in [0.25, 0.3) is 10.3 Å². The second-order valence-corrected chi connectivity index (χ2v) is 6.29. The van der Waals surface area contributed by atoms with Crippen molar-refractivity contribution in [2.45, 2.75) is 0 Å². The first kappa shape index (κ1) is 11.2. The highest BCUT2D eigenvalue weighted by Crippen LogP contribution is 2.26. The van der Waals surface area contributed by atoms with Crippen LogP contribution >= 0.6 is 35.3 Å². The molecular weight excluding hydrogens is 276 g/mol. The Balaban J connectivity index is 2.09. The second kappa shape index (κ2) is 4.43. The molecule has 2 aromatic heterocycles. The average molecular weight is 286 g/mol. The van der Waals surface area contributed by atoms with Gasteiger partial charge in [-0.25, -0.2) is 4.98 Å². The van der Waals surface area contributed by atoms with Gasteiger partial charge in [0, 0.05) is 24.6 Å². The van der Waals surface area contributed by atoms with Gasteiger partial charge >= 0.3 is 0 Å². The van der Waals surface area contributed by atoms with Gasteiger partial charge in [0.2, 0.25) is 0 Å². The summed E-state index contributed by atoms with van der Waals surface area (Å²) < 4.78 is 0.945. The third-order valence-electron chi connectivity index (χ3n) is 2.56. The molecule has 0 aliphatic carbocycles. The molecular formula is C9H10N4OS3. The molecule has 0 amide bonds. The van der Waals surface area contributed by atoms with Crippen molar-refractivity contribution in [3.8, 4) is 0 Å². The largest absolute Gasteiger partial charge is 0.346 e. The molecule has 17 heavy (non-hydrogen) atoms. The number of hydrogen-bond donors (Lipinski definition) is 2. The molecule has 3 rings (SSSR count). The average Bonchev–Trinajstić information content (AvgIpc) is 2.74. The summed E-state index contributed by atoms with van der Waals surface area (Å²) in [6, 6.07) is 0. The lowest BCUT2D eigenvalue weighted by Crippen LogP contribution is -2.32. The van der Waals surface area contributed by atoms with Gasteiger partial charge in [-0.3, -0.25) is 9.78 Å². The minimum absolute atomic E-state index is 0.154. The fraction of sp³-hybridized carbons (Fsp3) is 0.444. The van der Waals surface area contributed by atoms with Gasteiger partial charge < -0.3 is 9.88 Å². The number of H-pyrrole nitrogens is 2. The summed E-state index contributed by atoms with van der Waals surface area (Å²) >= 11 is 8.30. The van der Waals surface area contributed by atoms with Crippen LogP contribution in [0.4, 0.5) is 5.13 Å². The van der Waals surface area contributed by atoms with E-state index in [1.54, 1.807) is 0 Å². The van der Waals surface area contributed by atoms with Crippen molar-refractivity contribution in [1.29, 1.82) is 0 Å². The minimum atomic E-state index is -0.154. The second-order valence-electron chi connectivity index (χ2n) is 3.68. The molecule has 1 fully saturated rings. The molecule has 2 aromatic rings. The molecule has 0 radical (unpaired) electrons. The predicted octanol–water partition coefficient (Wildman–Crippen LogP) is 1.60. The fourth-order valence-electron chi connectivity index (χ4n) is 1.74. The zero-order chi connectivity index (χ0) is 11.8. The van der Waals surface area contributed by atoms with E-state index in [0.717, 1.165) is 29.7 Å². The van der Waals surface area contributed by atoms with E-state index in [1.165, 1.54) is 11.3 Å². The molecule has 1 saturated heterocycles. The molecule has 2 N–H and O–H groups in total. The number of fused-ring (bicyclic) bond motifs is 1. The Kier molecular flexibility index (Phi) is 2.93. The molecule has 0 aromatic carbocycles. The number of thiazole rings is 1. The Bertz CT molecular complexity index is 652. The Morgan fingerprint density at radius 3 is 2.82 bits per heavy atom. The molecule has 0 bridgehead atoms. The van der Waals surface area contributed by atoms with Crippen LogP contribution in [0.1, 0.15) is 0 Å². The van der Waals surface area contributed by atoms with Gasteiger partial charge in [-0.2, -0.15) is 11.8 Å². The maximum atomic E-state index is 11.7. The summed E-state index contributed by atoms with van der Waals surface area (Å²) in [4.78, 5) is 23.9. The minimum Gasteiger partial charge on any atom is -0.346 e. The number of aromatic amines is 2. The molecule has 0 unspecified atom stereocenters. The number of hydrogen-bond acceptors (Lipinski definition) is 6. The van der Waals surface area contributed by atoms with Gasteiger partial charge in [-0.05, 0) is 12.2 Å². The van der Waals surface area contributed by atoms with Crippen molar-refractivity contribution in [3.63, 3.8) is 0 Å². The zero-order valence-corrected chi connectivity index (χ0v) is 11.3. The van der Waals surface area contributed by atoms with Crippen molar-refractivity contribution in [1.82, 2.24) is 15.0 Å². The molecule has 0 atom stereocenters. The van der Waals surface area contributed by atoms with Crippen LogP contribution in [-0.4, -0.2) is 39.5 Å². The van der Waals surface area contributed by atoms with Gasteiger partial charge in [0.05, 0.1) is 0 Å². The molecule has 0 saturated carbocycles. The van der Waals surface area contributed by atoms with E-state index in [-0.39, 0.29) is 5.56 Å². The van der Waals surface area contributed by atoms with Crippen molar-refractivity contribution in [2.75, 3.05) is 29.5 Å². The lowest BCUT2D eigenvalue weighted by atomic mass is 10.5. The summed E-state index contributed by atoms with van der Waals surface area (Å²) in [7, 11) is 0. The third kappa shape index (κ3) is 2.12. The van der Waals surface area contributed by atoms with Gasteiger partial charge in [0.15, 0.2) is 15.5 Å². The lowest BCUT2D eigenvalue weighted by Gasteiger charge is -2.25. The van der Waals surface area contributed by atoms with Crippen LogP contribution in [0, 0.1) is 4.77 Å². The predicted molar refractivity (Wildman–Crippen MR) is 75.0 cm³/mol. The van der Waals surface area contributed by atoms with Crippen LogP contribution < -0.4 is 10.5 Å². The third-order valence-corrected chi connectivity index (χ3v) is 4.82. The van der Waals surface area contributed by atoms with Crippen LogP contribution in [0.15, 0.2) is 4.79 Å². The summed E-state index contributed by atoms with van der Waals surface area (Å²) in [6.45, 7) is 1.98.